The SMILES string of the molecule is [CH2]C(C)=O.[Cu]. The molecule has 0 fully saturated rings. The fourth-order valence-electron chi connectivity index (χ4n) is 0. The van der Waals surface area contributed by atoms with Gasteiger partial charge in [-0.15, -0.1) is 0 Å². The molecule has 0 aromatic rings. The minimum absolute atomic E-state index is 0. The second kappa shape index (κ2) is 4.19. The van der Waals surface area contributed by atoms with E-state index in [1.165, 1.54) is 6.92 Å². The maximum atomic E-state index is 9.33. The van der Waals surface area contributed by atoms with E-state index in [0.717, 1.165) is 0 Å². The zero-order chi connectivity index (χ0) is 3.58. The molecule has 0 bridgehead atoms. The van der Waals surface area contributed by atoms with Gasteiger partial charge in [-0.05, 0) is 6.92 Å². The smallest absolute Gasteiger partial charge is 0.130 e. The van der Waals surface area contributed by atoms with Gasteiger partial charge in [-0.1, -0.05) is 0 Å². The van der Waals surface area contributed by atoms with Crippen LogP contribution in [-0.4, -0.2) is 5.78 Å². The van der Waals surface area contributed by atoms with E-state index in [2.05, 4.69) is 6.92 Å². The summed E-state index contributed by atoms with van der Waals surface area (Å²) in [6.07, 6.45) is 0. The molecule has 2 heteroatoms. The van der Waals surface area contributed by atoms with Gasteiger partial charge in [0, 0.05) is 24.0 Å². The van der Waals surface area contributed by atoms with Gasteiger partial charge in [-0.2, -0.15) is 0 Å². The summed E-state index contributed by atoms with van der Waals surface area (Å²) in [5.74, 6) is -0.0833. The van der Waals surface area contributed by atoms with Gasteiger partial charge in [0.2, 0.25) is 0 Å². The van der Waals surface area contributed by atoms with Gasteiger partial charge in [0.15, 0.2) is 0 Å². The van der Waals surface area contributed by atoms with E-state index >= 15 is 0 Å². The van der Waals surface area contributed by atoms with Gasteiger partial charge in [-0.25, -0.2) is 0 Å². The maximum absolute atomic E-state index is 9.33. The van der Waals surface area contributed by atoms with Crippen LogP contribution in [0.1, 0.15) is 6.92 Å². The molecule has 0 saturated heterocycles. The molecule has 0 aliphatic heterocycles. The zero-order valence-electron chi connectivity index (χ0n) is 2.92. The van der Waals surface area contributed by atoms with E-state index in [0.29, 0.717) is 0 Å². The van der Waals surface area contributed by atoms with Crippen molar-refractivity contribution in [1.29, 1.82) is 0 Å². The van der Waals surface area contributed by atoms with Crippen LogP contribution in [0.3, 0.4) is 0 Å². The molecule has 0 aliphatic rings. The molecule has 5 heavy (non-hydrogen) atoms. The molecule has 0 aromatic carbocycles. The third-order valence-electron chi connectivity index (χ3n) is 0. The van der Waals surface area contributed by atoms with Crippen LogP contribution in [0.15, 0.2) is 0 Å². The monoisotopic (exact) mass is 120 g/mol. The van der Waals surface area contributed by atoms with Crippen molar-refractivity contribution in [3.63, 3.8) is 0 Å². The van der Waals surface area contributed by atoms with E-state index in [1.54, 1.807) is 0 Å². The maximum Gasteiger partial charge on any atom is 0.130 e. The second-order valence-corrected chi connectivity index (χ2v) is 0.702. The van der Waals surface area contributed by atoms with E-state index in [1.807, 2.05) is 0 Å². The fraction of sp³-hybridized carbons (Fsp3) is 0.333. The van der Waals surface area contributed by atoms with Gasteiger partial charge in [0.05, 0.1) is 0 Å². The van der Waals surface area contributed by atoms with Crippen molar-refractivity contribution < 1.29 is 21.9 Å². The Labute approximate surface area is 42.2 Å². The van der Waals surface area contributed by atoms with Crippen molar-refractivity contribution in [3.8, 4) is 0 Å². The second-order valence-electron chi connectivity index (χ2n) is 0.702. The molecule has 2 radical (unpaired) electrons. The van der Waals surface area contributed by atoms with E-state index < -0.39 is 0 Å². The molecule has 1 nitrogen and oxygen atoms in total. The predicted octanol–water partition coefficient (Wildman–Crippen LogP) is 0.407. The summed E-state index contributed by atoms with van der Waals surface area (Å²) < 4.78 is 0. The van der Waals surface area contributed by atoms with Crippen LogP contribution in [0.4, 0.5) is 0 Å². The van der Waals surface area contributed by atoms with Gasteiger partial charge >= 0.3 is 0 Å². The molecule has 0 aromatic heterocycles. The number of rotatable bonds is 0. The Balaban J connectivity index is 0. The summed E-state index contributed by atoms with van der Waals surface area (Å²) in [6, 6.07) is 0. The topological polar surface area (TPSA) is 17.1 Å². The first-order chi connectivity index (χ1) is 1.73. The van der Waals surface area contributed by atoms with Crippen LogP contribution in [-0.2, 0) is 21.9 Å². The van der Waals surface area contributed by atoms with Crippen LogP contribution >= 0.6 is 0 Å². The summed E-state index contributed by atoms with van der Waals surface area (Å²) in [5, 5.41) is 0. The zero-order valence-corrected chi connectivity index (χ0v) is 3.86. The van der Waals surface area contributed by atoms with Gasteiger partial charge in [-0.3, -0.25) is 0 Å². The molecule has 34 valence electrons. The Kier molecular flexibility index (Phi) is 7.50. The fourth-order valence-corrected chi connectivity index (χ4v) is 0. The first kappa shape index (κ1) is 8.95. The van der Waals surface area contributed by atoms with Crippen LogP contribution in [0, 0.1) is 6.92 Å². The predicted molar refractivity (Wildman–Crippen MR) is 16.0 cm³/mol. The van der Waals surface area contributed by atoms with Crippen molar-refractivity contribution in [2.75, 3.05) is 0 Å². The van der Waals surface area contributed by atoms with Crippen LogP contribution in [0.2, 0.25) is 0 Å². The van der Waals surface area contributed by atoms with E-state index in [4.69, 9.17) is 0 Å². The third kappa shape index (κ3) is 559. The van der Waals surface area contributed by atoms with Crippen molar-refractivity contribution in [1.82, 2.24) is 0 Å². The van der Waals surface area contributed by atoms with Crippen LogP contribution in [0.25, 0.3) is 0 Å². The van der Waals surface area contributed by atoms with Crippen molar-refractivity contribution in [3.05, 3.63) is 6.92 Å². The van der Waals surface area contributed by atoms with Crippen LogP contribution < -0.4 is 0 Å². The molecule has 0 spiro atoms. The molecule has 0 heterocycles. The standard InChI is InChI=1S/C3H5O.Cu/c1-3(2)4;/h1H2,2H3;. The molecule has 0 unspecified atom stereocenters. The average molecular weight is 121 g/mol. The summed E-state index contributed by atoms with van der Waals surface area (Å²) in [6.45, 7) is 4.42. The molecule has 0 saturated carbocycles. The largest absolute Gasteiger partial charge is 0.300 e. The number of hydrogen-bond donors (Lipinski definition) is 0. The van der Waals surface area contributed by atoms with Crippen molar-refractivity contribution >= 4 is 5.78 Å². The van der Waals surface area contributed by atoms with E-state index in [9.17, 15) is 4.79 Å². The van der Waals surface area contributed by atoms with Gasteiger partial charge < -0.3 is 4.79 Å². The molecule has 0 atom stereocenters. The van der Waals surface area contributed by atoms with Crippen molar-refractivity contribution in [2.24, 2.45) is 0 Å². The molecule has 0 rings (SSSR count). The summed E-state index contributed by atoms with van der Waals surface area (Å²) >= 11 is 0. The minimum atomic E-state index is -0.0833. The molecule has 0 amide bonds. The number of hydrogen-bond acceptors (Lipinski definition) is 1. The minimum Gasteiger partial charge on any atom is -0.300 e. The molecule has 0 aliphatic carbocycles. The number of ketones is 1. The Morgan fingerprint density at radius 2 is 1.80 bits per heavy atom. The molecule has 0 N–H and O–H groups in total. The summed E-state index contributed by atoms with van der Waals surface area (Å²) in [4.78, 5) is 9.33. The van der Waals surface area contributed by atoms with Gasteiger partial charge in [0.25, 0.3) is 0 Å². The quantitative estimate of drug-likeness (QED) is 0.423. The Bertz CT molecular complexity index is 29.9. The van der Waals surface area contributed by atoms with Crippen LogP contribution in [0.5, 0.6) is 0 Å². The Hall–Kier alpha value is 0.189. The number of carbonyl (C=O) groups excluding carboxylic acids is 1. The van der Waals surface area contributed by atoms with Gasteiger partial charge in [0.1, 0.15) is 5.78 Å². The average Bonchev–Trinajstić information content (AvgIpc) is 0.811. The summed E-state index contributed by atoms with van der Waals surface area (Å²) in [5.41, 5.74) is 0. The number of Topliss-reactive ketones (excluding diaryl/α,β-unsaturated/α-hetero) is 1. The Morgan fingerprint density at radius 3 is 1.80 bits per heavy atom. The van der Waals surface area contributed by atoms with Crippen molar-refractivity contribution in [2.45, 2.75) is 6.92 Å². The Morgan fingerprint density at radius 1 is 1.80 bits per heavy atom. The third-order valence-corrected chi connectivity index (χ3v) is 0. The first-order valence-corrected chi connectivity index (χ1v) is 1.06. The number of carbonyl (C=O) groups is 1. The van der Waals surface area contributed by atoms with E-state index in [-0.39, 0.29) is 22.9 Å². The molecular weight excluding hydrogens is 116 g/mol. The summed E-state index contributed by atoms with van der Waals surface area (Å²) in [7, 11) is 0. The normalized spacial score (nSPS) is 5.20. The first-order valence-electron chi connectivity index (χ1n) is 1.06. The molecular formula is C3H5CuO.